The van der Waals surface area contributed by atoms with Gasteiger partial charge in [-0.05, 0) is 36.4 Å². The van der Waals surface area contributed by atoms with Crippen molar-refractivity contribution >= 4 is 24.0 Å². The van der Waals surface area contributed by atoms with E-state index in [0.717, 1.165) is 0 Å². The van der Waals surface area contributed by atoms with Crippen molar-refractivity contribution in [2.45, 2.75) is 0 Å². The van der Waals surface area contributed by atoms with Crippen LogP contribution in [0.25, 0.3) is 12.2 Å². The van der Waals surface area contributed by atoms with Crippen molar-refractivity contribution in [3.8, 4) is 0 Å². The van der Waals surface area contributed by atoms with Crippen molar-refractivity contribution in [3.05, 3.63) is 60.5 Å². The van der Waals surface area contributed by atoms with Gasteiger partial charge in [-0.2, -0.15) is 0 Å². The average molecular weight is 272 g/mol. The predicted molar refractivity (Wildman–Crippen MR) is 71.8 cm³/mol. The van der Waals surface area contributed by atoms with E-state index in [1.807, 2.05) is 0 Å². The van der Waals surface area contributed by atoms with E-state index in [9.17, 15) is 9.59 Å². The van der Waals surface area contributed by atoms with Crippen molar-refractivity contribution in [2.24, 2.45) is 0 Å². The monoisotopic (exact) mass is 272 g/mol. The van der Waals surface area contributed by atoms with Crippen molar-refractivity contribution in [1.82, 2.24) is 10.9 Å². The molecule has 0 radical (unpaired) electrons. The van der Waals surface area contributed by atoms with Crippen LogP contribution < -0.4 is 10.9 Å². The molecule has 0 aliphatic heterocycles. The molecule has 2 aromatic rings. The molecular formula is C14H12N2O4. The second-order valence-corrected chi connectivity index (χ2v) is 3.68. The largest absolute Gasteiger partial charge is 0.465 e. The van der Waals surface area contributed by atoms with E-state index < -0.39 is 11.8 Å². The first-order chi connectivity index (χ1) is 9.74. The fraction of sp³-hybridized carbons (Fsp3) is 0. The number of nitrogens with one attached hydrogen (secondary N) is 2. The van der Waals surface area contributed by atoms with Gasteiger partial charge in [-0.25, -0.2) is 0 Å². The van der Waals surface area contributed by atoms with E-state index in [-0.39, 0.29) is 0 Å². The predicted octanol–water partition coefficient (Wildman–Crippen LogP) is 1.75. The highest BCUT2D eigenvalue weighted by molar-refractivity contribution is 5.96. The Hall–Kier alpha value is -3.02. The maximum atomic E-state index is 11.4. The first kappa shape index (κ1) is 13.4. The summed E-state index contributed by atoms with van der Waals surface area (Å²) >= 11 is 0. The first-order valence-corrected chi connectivity index (χ1v) is 5.77. The van der Waals surface area contributed by atoms with Crippen molar-refractivity contribution in [2.75, 3.05) is 0 Å². The highest BCUT2D eigenvalue weighted by Gasteiger charge is 1.99. The molecule has 6 heteroatoms. The molecule has 0 saturated heterocycles. The van der Waals surface area contributed by atoms with E-state index in [2.05, 4.69) is 10.9 Å². The lowest BCUT2D eigenvalue weighted by atomic mass is 10.4. The Balaban J connectivity index is 1.74. The van der Waals surface area contributed by atoms with Gasteiger partial charge in [-0.15, -0.1) is 0 Å². The minimum absolute atomic E-state index is 0.471. The molecule has 0 unspecified atom stereocenters. The van der Waals surface area contributed by atoms with E-state index in [0.29, 0.717) is 11.5 Å². The van der Waals surface area contributed by atoms with Gasteiger partial charge in [0, 0.05) is 12.2 Å². The lowest BCUT2D eigenvalue weighted by molar-refractivity contribution is -0.123. The first-order valence-electron chi connectivity index (χ1n) is 5.77. The van der Waals surface area contributed by atoms with Crippen LogP contribution in [0.15, 0.2) is 57.8 Å². The van der Waals surface area contributed by atoms with Crippen LogP contribution in [0.4, 0.5) is 0 Å². The zero-order chi connectivity index (χ0) is 14.2. The molecule has 2 aromatic heterocycles. The minimum Gasteiger partial charge on any atom is -0.465 e. The molecule has 0 aliphatic rings. The van der Waals surface area contributed by atoms with Crippen LogP contribution in [-0.4, -0.2) is 11.8 Å². The molecule has 2 heterocycles. The topological polar surface area (TPSA) is 84.5 Å². The molecule has 0 atom stereocenters. The zero-order valence-corrected chi connectivity index (χ0v) is 10.4. The van der Waals surface area contributed by atoms with Crippen LogP contribution in [0.1, 0.15) is 11.5 Å². The highest BCUT2D eigenvalue weighted by Crippen LogP contribution is 2.02. The van der Waals surface area contributed by atoms with Crippen LogP contribution in [0.2, 0.25) is 0 Å². The molecule has 0 saturated carbocycles. The number of furan rings is 2. The van der Waals surface area contributed by atoms with Gasteiger partial charge in [0.2, 0.25) is 0 Å². The van der Waals surface area contributed by atoms with Crippen LogP contribution in [0.5, 0.6) is 0 Å². The molecule has 2 rings (SSSR count). The van der Waals surface area contributed by atoms with Crippen LogP contribution >= 0.6 is 0 Å². The molecule has 2 N–H and O–H groups in total. The van der Waals surface area contributed by atoms with Crippen molar-refractivity contribution in [1.29, 1.82) is 0 Å². The Morgan fingerprint density at radius 3 is 1.65 bits per heavy atom. The third-order valence-corrected chi connectivity index (χ3v) is 2.19. The second-order valence-electron chi connectivity index (χ2n) is 3.68. The summed E-state index contributed by atoms with van der Waals surface area (Å²) in [6.45, 7) is 0. The third-order valence-electron chi connectivity index (χ3n) is 2.19. The second kappa shape index (κ2) is 6.79. The Morgan fingerprint density at radius 2 is 1.30 bits per heavy atom. The van der Waals surface area contributed by atoms with E-state index in [1.165, 1.54) is 36.8 Å². The summed E-state index contributed by atoms with van der Waals surface area (Å²) in [4.78, 5) is 22.8. The molecule has 0 bridgehead atoms. The molecule has 0 aromatic carbocycles. The number of carbonyl (C=O) groups excluding carboxylic acids is 2. The van der Waals surface area contributed by atoms with Gasteiger partial charge in [0.1, 0.15) is 11.5 Å². The Morgan fingerprint density at radius 1 is 0.850 bits per heavy atom. The SMILES string of the molecule is O=C(/C=C/c1ccco1)NNC(=O)/C=C/c1ccco1. The molecule has 0 spiro atoms. The number of carbonyl (C=O) groups is 2. The molecule has 102 valence electrons. The quantitative estimate of drug-likeness (QED) is 0.656. The van der Waals surface area contributed by atoms with Gasteiger partial charge in [0.15, 0.2) is 0 Å². The lowest BCUT2D eigenvalue weighted by Crippen LogP contribution is -2.39. The van der Waals surface area contributed by atoms with Gasteiger partial charge < -0.3 is 8.83 Å². The molecule has 0 aliphatic carbocycles. The summed E-state index contributed by atoms with van der Waals surface area (Å²) in [5.41, 5.74) is 4.45. The van der Waals surface area contributed by atoms with Crippen molar-refractivity contribution in [3.63, 3.8) is 0 Å². The Bertz CT molecular complexity index is 553. The summed E-state index contributed by atoms with van der Waals surface area (Å²) in [6, 6.07) is 6.82. The number of amides is 2. The van der Waals surface area contributed by atoms with Gasteiger partial charge >= 0.3 is 0 Å². The minimum atomic E-state index is -0.471. The lowest BCUT2D eigenvalue weighted by Gasteiger charge is -2.00. The van der Waals surface area contributed by atoms with Crippen molar-refractivity contribution < 1.29 is 18.4 Å². The summed E-state index contributed by atoms with van der Waals surface area (Å²) in [5, 5.41) is 0. The maximum absolute atomic E-state index is 11.4. The average Bonchev–Trinajstić information content (AvgIpc) is 3.13. The fourth-order valence-corrected chi connectivity index (χ4v) is 1.29. The molecule has 2 amide bonds. The number of hydrazine groups is 1. The van der Waals surface area contributed by atoms with Gasteiger partial charge in [-0.1, -0.05) is 0 Å². The van der Waals surface area contributed by atoms with Crippen LogP contribution in [0.3, 0.4) is 0 Å². The number of hydrogen-bond donors (Lipinski definition) is 2. The highest BCUT2D eigenvalue weighted by atomic mass is 16.3. The summed E-state index contributed by atoms with van der Waals surface area (Å²) in [6.07, 6.45) is 8.46. The molecule has 20 heavy (non-hydrogen) atoms. The maximum Gasteiger partial charge on any atom is 0.262 e. The summed E-state index contributed by atoms with van der Waals surface area (Å²) in [7, 11) is 0. The van der Waals surface area contributed by atoms with Crippen LogP contribution in [-0.2, 0) is 9.59 Å². The smallest absolute Gasteiger partial charge is 0.262 e. The van der Waals surface area contributed by atoms with E-state index >= 15 is 0 Å². The summed E-state index contributed by atoms with van der Waals surface area (Å²) < 4.78 is 10.0. The molecule has 6 nitrogen and oxygen atoms in total. The van der Waals surface area contributed by atoms with Gasteiger partial charge in [0.05, 0.1) is 12.5 Å². The normalized spacial score (nSPS) is 11.0. The number of hydrogen-bond acceptors (Lipinski definition) is 4. The fourth-order valence-electron chi connectivity index (χ4n) is 1.29. The van der Waals surface area contributed by atoms with Crippen LogP contribution in [0, 0.1) is 0 Å². The molecular weight excluding hydrogens is 260 g/mol. The Labute approximate surface area is 114 Å². The Kier molecular flexibility index (Phi) is 4.55. The summed E-state index contributed by atoms with van der Waals surface area (Å²) in [5.74, 6) is 0.149. The van der Waals surface area contributed by atoms with Gasteiger partial charge in [-0.3, -0.25) is 20.4 Å². The molecule has 0 fully saturated rings. The number of rotatable bonds is 4. The van der Waals surface area contributed by atoms with E-state index in [4.69, 9.17) is 8.83 Å². The van der Waals surface area contributed by atoms with Gasteiger partial charge in [0.25, 0.3) is 11.8 Å². The third kappa shape index (κ3) is 4.34. The van der Waals surface area contributed by atoms with E-state index in [1.54, 1.807) is 24.3 Å². The standard InChI is InChI=1S/C14H12N2O4/c17-13(7-5-11-3-1-9-19-11)15-16-14(18)8-6-12-4-2-10-20-12/h1-10H,(H,15,17)(H,16,18)/b7-5+,8-6+. The zero-order valence-electron chi connectivity index (χ0n) is 10.4.